The maximum Gasteiger partial charge on any atom is 0.329 e. The van der Waals surface area contributed by atoms with E-state index in [4.69, 9.17) is 10.8 Å². The van der Waals surface area contributed by atoms with E-state index in [9.17, 15) is 14.4 Å². The third-order valence-corrected chi connectivity index (χ3v) is 1.85. The maximum atomic E-state index is 11.1. The van der Waals surface area contributed by atoms with E-state index in [1.165, 1.54) is 0 Å². The molecule has 0 aliphatic heterocycles. The fourth-order valence-electron chi connectivity index (χ4n) is 0.689. The number of nitrogens with one attached hydrogen (secondary N) is 1. The summed E-state index contributed by atoms with van der Waals surface area (Å²) in [6.07, 6.45) is 0. The molecule has 0 fully saturated rings. The van der Waals surface area contributed by atoms with Crippen molar-refractivity contribution in [3.8, 4) is 0 Å². The van der Waals surface area contributed by atoms with Crippen LogP contribution >= 0.6 is 0 Å². The van der Waals surface area contributed by atoms with Gasteiger partial charge < -0.3 is 20.9 Å². The van der Waals surface area contributed by atoms with Gasteiger partial charge in [0.2, 0.25) is 11.8 Å². The van der Waals surface area contributed by atoms with Gasteiger partial charge in [0.1, 0.15) is 13.2 Å². The van der Waals surface area contributed by atoms with Crippen molar-refractivity contribution in [1.29, 1.82) is 0 Å². The highest BCUT2D eigenvalue weighted by atomic mass is 16.5. The van der Waals surface area contributed by atoms with Crippen LogP contribution in [0.4, 0.5) is 0 Å². The average Bonchev–Trinajstić information content (AvgIpc) is 2.14. The first-order valence-electron chi connectivity index (χ1n) is 4.62. The number of aliphatic carboxylic acids is 1. The first-order chi connectivity index (χ1) is 7.25. The van der Waals surface area contributed by atoms with E-state index in [0.29, 0.717) is 0 Å². The monoisotopic (exact) mass is 232 g/mol. The van der Waals surface area contributed by atoms with Crippen LogP contribution < -0.4 is 11.1 Å². The van der Waals surface area contributed by atoms with Crippen LogP contribution in [0.1, 0.15) is 13.8 Å². The van der Waals surface area contributed by atoms with Crippen LogP contribution in [0.15, 0.2) is 0 Å². The van der Waals surface area contributed by atoms with E-state index in [1.54, 1.807) is 13.8 Å². The molecule has 0 heterocycles. The number of hydrogen-bond acceptors (Lipinski definition) is 4. The lowest BCUT2D eigenvalue weighted by Gasteiger charge is -2.20. The molecule has 0 bridgehead atoms. The van der Waals surface area contributed by atoms with Gasteiger partial charge in [0.05, 0.1) is 5.41 Å². The van der Waals surface area contributed by atoms with Crippen LogP contribution in [0.3, 0.4) is 0 Å². The Morgan fingerprint density at radius 1 is 1.31 bits per heavy atom. The third-order valence-electron chi connectivity index (χ3n) is 1.85. The van der Waals surface area contributed by atoms with E-state index < -0.39 is 29.8 Å². The first-order valence-corrected chi connectivity index (χ1v) is 4.62. The minimum absolute atomic E-state index is 0.0810. The van der Waals surface area contributed by atoms with Gasteiger partial charge in [-0.3, -0.25) is 9.59 Å². The summed E-state index contributed by atoms with van der Waals surface area (Å²) in [6.45, 7) is 2.37. The number of carboxylic acids is 1. The normalized spacial score (nSPS) is 10.9. The van der Waals surface area contributed by atoms with Crippen LogP contribution in [0, 0.1) is 5.41 Å². The molecular formula is C9H16N2O5. The molecule has 0 saturated heterocycles. The molecular weight excluding hydrogens is 216 g/mol. The lowest BCUT2D eigenvalue weighted by molar-refractivity contribution is -0.143. The van der Waals surface area contributed by atoms with Crippen LogP contribution in [0.25, 0.3) is 0 Å². The fourth-order valence-corrected chi connectivity index (χ4v) is 0.689. The molecule has 0 aliphatic carbocycles. The zero-order valence-corrected chi connectivity index (χ0v) is 9.28. The quantitative estimate of drug-likeness (QED) is 0.505. The topological polar surface area (TPSA) is 119 Å². The van der Waals surface area contributed by atoms with Crippen LogP contribution in [-0.2, 0) is 19.1 Å². The highest BCUT2D eigenvalue weighted by Crippen LogP contribution is 2.11. The number of hydrogen-bond donors (Lipinski definition) is 3. The van der Waals surface area contributed by atoms with E-state index in [2.05, 4.69) is 10.1 Å². The molecule has 7 heteroatoms. The summed E-state index contributed by atoms with van der Waals surface area (Å²) in [7, 11) is 0. The largest absolute Gasteiger partial charge is 0.480 e. The van der Waals surface area contributed by atoms with E-state index in [1.807, 2.05) is 0 Å². The Labute approximate surface area is 92.9 Å². The number of rotatable bonds is 7. The predicted molar refractivity (Wildman–Crippen MR) is 54.4 cm³/mol. The van der Waals surface area contributed by atoms with Gasteiger partial charge >= 0.3 is 5.97 Å². The van der Waals surface area contributed by atoms with Gasteiger partial charge in [-0.2, -0.15) is 0 Å². The fraction of sp³-hybridized carbons (Fsp3) is 0.667. The summed E-state index contributed by atoms with van der Waals surface area (Å²) in [5.74, 6) is -2.17. The number of carboxylic acid groups (broad SMARTS) is 1. The molecule has 0 aromatic heterocycles. The molecule has 0 spiro atoms. The predicted octanol–water partition coefficient (Wildman–Crippen LogP) is -1.28. The standard InChI is InChI=1S/C9H16N2O5/c1-9(2,8(10)15)5-11-6(12)3-16-4-7(13)14/h3-5H2,1-2H3,(H2,10,15)(H,11,12)(H,13,14). The number of carbonyl (C=O) groups is 3. The smallest absolute Gasteiger partial charge is 0.329 e. The molecule has 92 valence electrons. The summed E-state index contributed by atoms with van der Waals surface area (Å²) in [5.41, 5.74) is 4.25. The second-order valence-corrected chi connectivity index (χ2v) is 3.91. The maximum absolute atomic E-state index is 11.1. The van der Waals surface area contributed by atoms with Crippen molar-refractivity contribution in [2.45, 2.75) is 13.8 Å². The zero-order valence-electron chi connectivity index (χ0n) is 9.28. The molecule has 0 aliphatic rings. The van der Waals surface area contributed by atoms with Gasteiger partial charge in [-0.1, -0.05) is 0 Å². The molecule has 7 nitrogen and oxygen atoms in total. The molecule has 0 aromatic carbocycles. The summed E-state index contributed by atoms with van der Waals surface area (Å²) in [6, 6.07) is 0. The van der Waals surface area contributed by atoms with Gasteiger partial charge in [0.25, 0.3) is 0 Å². The number of carbonyl (C=O) groups excluding carboxylic acids is 2. The second kappa shape index (κ2) is 6.06. The van der Waals surface area contributed by atoms with Crippen molar-refractivity contribution in [1.82, 2.24) is 5.32 Å². The van der Waals surface area contributed by atoms with E-state index >= 15 is 0 Å². The summed E-state index contributed by atoms with van der Waals surface area (Å²) >= 11 is 0. The van der Waals surface area contributed by atoms with Gasteiger partial charge in [-0.25, -0.2) is 4.79 Å². The Morgan fingerprint density at radius 2 is 1.88 bits per heavy atom. The minimum atomic E-state index is -1.15. The van der Waals surface area contributed by atoms with Crippen LogP contribution in [0.5, 0.6) is 0 Å². The molecule has 0 radical (unpaired) electrons. The van der Waals surface area contributed by atoms with Gasteiger partial charge in [-0.15, -0.1) is 0 Å². The number of nitrogens with two attached hydrogens (primary N) is 1. The van der Waals surface area contributed by atoms with Gasteiger partial charge in [-0.05, 0) is 13.8 Å². The van der Waals surface area contributed by atoms with Crippen molar-refractivity contribution in [2.75, 3.05) is 19.8 Å². The highest BCUT2D eigenvalue weighted by molar-refractivity contribution is 5.82. The summed E-state index contributed by atoms with van der Waals surface area (Å²) in [4.78, 5) is 32.1. The Morgan fingerprint density at radius 3 is 2.31 bits per heavy atom. The Bertz CT molecular complexity index is 288. The van der Waals surface area contributed by atoms with E-state index in [-0.39, 0.29) is 13.2 Å². The summed E-state index contributed by atoms with van der Waals surface area (Å²) in [5, 5.41) is 10.7. The molecule has 0 atom stereocenters. The lowest BCUT2D eigenvalue weighted by atomic mass is 9.93. The van der Waals surface area contributed by atoms with E-state index in [0.717, 1.165) is 0 Å². The van der Waals surface area contributed by atoms with Crippen molar-refractivity contribution in [2.24, 2.45) is 11.1 Å². The number of primary amides is 1. The molecule has 16 heavy (non-hydrogen) atoms. The van der Waals surface area contributed by atoms with Crippen molar-refractivity contribution < 1.29 is 24.2 Å². The molecule has 0 aromatic rings. The van der Waals surface area contributed by atoms with Gasteiger partial charge in [0.15, 0.2) is 0 Å². The molecule has 0 unspecified atom stereocenters. The lowest BCUT2D eigenvalue weighted by Crippen LogP contribution is -2.43. The van der Waals surface area contributed by atoms with Gasteiger partial charge in [0, 0.05) is 6.54 Å². The highest BCUT2D eigenvalue weighted by Gasteiger charge is 2.25. The summed E-state index contributed by atoms with van der Waals surface area (Å²) < 4.78 is 4.55. The average molecular weight is 232 g/mol. The van der Waals surface area contributed by atoms with Crippen molar-refractivity contribution in [3.05, 3.63) is 0 Å². The molecule has 4 N–H and O–H groups in total. The molecule has 0 saturated carbocycles. The minimum Gasteiger partial charge on any atom is -0.480 e. The zero-order chi connectivity index (χ0) is 12.8. The molecule has 0 rings (SSSR count). The van der Waals surface area contributed by atoms with Crippen LogP contribution in [-0.4, -0.2) is 42.6 Å². The Kier molecular flexibility index (Phi) is 5.44. The number of ether oxygens (including phenoxy) is 1. The SMILES string of the molecule is CC(C)(CNC(=O)COCC(=O)O)C(N)=O. The Hall–Kier alpha value is -1.63. The Balaban J connectivity index is 3.82. The third kappa shape index (κ3) is 5.97. The van der Waals surface area contributed by atoms with Crippen LogP contribution in [0.2, 0.25) is 0 Å². The first kappa shape index (κ1) is 14.4. The second-order valence-electron chi connectivity index (χ2n) is 3.91. The number of amides is 2. The molecule has 2 amide bonds. The van der Waals surface area contributed by atoms with Crippen molar-refractivity contribution >= 4 is 17.8 Å². The van der Waals surface area contributed by atoms with Crippen molar-refractivity contribution in [3.63, 3.8) is 0 Å².